The molecule has 1 atom stereocenters. The van der Waals surface area contributed by atoms with Gasteiger partial charge < -0.3 is 5.73 Å². The molecule has 0 aliphatic rings. The fourth-order valence-electron chi connectivity index (χ4n) is 1.62. The summed E-state index contributed by atoms with van der Waals surface area (Å²) < 4.78 is 38.2. The van der Waals surface area contributed by atoms with E-state index in [1.165, 1.54) is 6.33 Å². The molecule has 0 radical (unpaired) electrons. The van der Waals surface area contributed by atoms with E-state index >= 15 is 0 Å². The normalized spacial score (nSPS) is 13.3. The summed E-state index contributed by atoms with van der Waals surface area (Å²) in [5.41, 5.74) is 5.68. The average molecular weight is 300 g/mol. The number of nitrogens with two attached hydrogens (primary N) is 1. The predicted molar refractivity (Wildman–Crippen MR) is 71.7 cm³/mol. The first kappa shape index (κ1) is 14.6. The number of thioether (sulfide) groups is 1. The molecule has 0 aliphatic carbocycles. The standard InChI is InChI=1S/C12H11F3N4S/c13-12(14,15)8(10(16)17)5-20-11-7-3-1-2-4-9(7)18-6-19-11/h1-4,6,8H,5H2,(H3,16,17). The lowest BCUT2D eigenvalue weighted by Gasteiger charge is -2.18. The molecular weight excluding hydrogens is 289 g/mol. The molecule has 1 aromatic carbocycles. The summed E-state index contributed by atoms with van der Waals surface area (Å²) in [5.74, 6) is -3.23. The third-order valence-electron chi connectivity index (χ3n) is 2.66. The van der Waals surface area contributed by atoms with Crippen LogP contribution in [0.25, 0.3) is 10.9 Å². The summed E-state index contributed by atoms with van der Waals surface area (Å²) in [6, 6.07) is 7.06. The molecule has 0 saturated carbocycles. The van der Waals surface area contributed by atoms with Crippen molar-refractivity contribution in [2.45, 2.75) is 11.2 Å². The number of hydrogen-bond acceptors (Lipinski definition) is 4. The minimum absolute atomic E-state index is 0.375. The Hall–Kier alpha value is -1.83. The highest BCUT2D eigenvalue weighted by Gasteiger charge is 2.41. The van der Waals surface area contributed by atoms with E-state index in [0.29, 0.717) is 15.9 Å². The van der Waals surface area contributed by atoms with Crippen LogP contribution in [0.1, 0.15) is 0 Å². The Balaban J connectivity index is 2.22. The molecule has 0 amide bonds. The molecule has 2 aromatic rings. The van der Waals surface area contributed by atoms with Crippen LogP contribution in [-0.4, -0.2) is 27.7 Å². The first-order valence-corrected chi connectivity index (χ1v) is 6.61. The van der Waals surface area contributed by atoms with Gasteiger partial charge in [-0.05, 0) is 6.07 Å². The Labute approximate surface area is 117 Å². The second-order valence-corrected chi connectivity index (χ2v) is 5.07. The minimum Gasteiger partial charge on any atom is -0.387 e. The molecule has 1 aromatic heterocycles. The molecule has 0 bridgehead atoms. The van der Waals surface area contributed by atoms with Gasteiger partial charge in [-0.2, -0.15) is 13.2 Å². The zero-order chi connectivity index (χ0) is 14.8. The zero-order valence-corrected chi connectivity index (χ0v) is 11.0. The van der Waals surface area contributed by atoms with Crippen molar-refractivity contribution < 1.29 is 13.2 Å². The molecule has 4 nitrogen and oxygen atoms in total. The maximum absolute atomic E-state index is 12.7. The van der Waals surface area contributed by atoms with E-state index in [1.54, 1.807) is 24.3 Å². The summed E-state index contributed by atoms with van der Waals surface area (Å²) in [5, 5.41) is 8.18. The van der Waals surface area contributed by atoms with Gasteiger partial charge in [0.05, 0.1) is 5.52 Å². The topological polar surface area (TPSA) is 75.7 Å². The van der Waals surface area contributed by atoms with E-state index < -0.39 is 17.9 Å². The van der Waals surface area contributed by atoms with Crippen LogP contribution in [-0.2, 0) is 0 Å². The highest BCUT2D eigenvalue weighted by Crippen LogP contribution is 2.32. The van der Waals surface area contributed by atoms with E-state index in [1.807, 2.05) is 0 Å². The van der Waals surface area contributed by atoms with Crippen LogP contribution < -0.4 is 5.73 Å². The molecule has 1 heterocycles. The van der Waals surface area contributed by atoms with Crippen LogP contribution in [0, 0.1) is 11.3 Å². The van der Waals surface area contributed by atoms with Crippen molar-refractivity contribution in [3.05, 3.63) is 30.6 Å². The fraction of sp³-hybridized carbons (Fsp3) is 0.250. The summed E-state index contributed by atoms with van der Waals surface area (Å²) >= 11 is 0.921. The van der Waals surface area contributed by atoms with Gasteiger partial charge in [-0.15, -0.1) is 11.8 Å². The lowest BCUT2D eigenvalue weighted by Crippen LogP contribution is -2.37. The lowest BCUT2D eigenvalue weighted by molar-refractivity contribution is -0.149. The molecule has 0 spiro atoms. The third kappa shape index (κ3) is 3.19. The van der Waals surface area contributed by atoms with Gasteiger partial charge in [-0.25, -0.2) is 9.97 Å². The van der Waals surface area contributed by atoms with Gasteiger partial charge in [0, 0.05) is 11.1 Å². The monoisotopic (exact) mass is 300 g/mol. The molecule has 0 fully saturated rings. The third-order valence-corrected chi connectivity index (χ3v) is 3.76. The molecule has 106 valence electrons. The average Bonchev–Trinajstić information content (AvgIpc) is 2.37. The van der Waals surface area contributed by atoms with Crippen molar-refractivity contribution in [1.82, 2.24) is 9.97 Å². The van der Waals surface area contributed by atoms with Gasteiger partial charge in [-0.1, -0.05) is 18.2 Å². The van der Waals surface area contributed by atoms with Gasteiger partial charge in [0.15, 0.2) is 0 Å². The van der Waals surface area contributed by atoms with E-state index in [0.717, 1.165) is 11.8 Å². The van der Waals surface area contributed by atoms with Crippen molar-refractivity contribution in [1.29, 1.82) is 5.41 Å². The second-order valence-electron chi connectivity index (χ2n) is 4.06. The largest absolute Gasteiger partial charge is 0.399 e. The fourth-order valence-corrected chi connectivity index (χ4v) is 2.76. The Morgan fingerprint density at radius 1 is 1.30 bits per heavy atom. The van der Waals surface area contributed by atoms with Gasteiger partial charge in [0.1, 0.15) is 23.1 Å². The van der Waals surface area contributed by atoms with Crippen LogP contribution in [0.5, 0.6) is 0 Å². The number of para-hydroxylation sites is 1. The van der Waals surface area contributed by atoms with E-state index in [-0.39, 0.29) is 5.75 Å². The summed E-state index contributed by atoms with van der Waals surface area (Å²) in [4.78, 5) is 8.03. The van der Waals surface area contributed by atoms with Crippen LogP contribution >= 0.6 is 11.8 Å². The first-order valence-electron chi connectivity index (χ1n) is 5.62. The molecule has 0 saturated heterocycles. The van der Waals surface area contributed by atoms with E-state index in [4.69, 9.17) is 11.1 Å². The molecule has 2 rings (SSSR count). The number of amidine groups is 1. The quantitative estimate of drug-likeness (QED) is 0.394. The van der Waals surface area contributed by atoms with Gasteiger partial charge >= 0.3 is 6.18 Å². The number of halogens is 3. The number of alkyl halides is 3. The number of hydrogen-bond donors (Lipinski definition) is 2. The Morgan fingerprint density at radius 2 is 2.00 bits per heavy atom. The first-order chi connectivity index (χ1) is 9.39. The number of rotatable bonds is 4. The number of nitrogens with one attached hydrogen (secondary N) is 1. The highest BCUT2D eigenvalue weighted by atomic mass is 32.2. The van der Waals surface area contributed by atoms with Gasteiger partial charge in [0.25, 0.3) is 0 Å². The predicted octanol–water partition coefficient (Wildman–Crippen LogP) is 2.84. The van der Waals surface area contributed by atoms with Crippen LogP contribution in [0.2, 0.25) is 0 Å². The van der Waals surface area contributed by atoms with Crippen molar-refractivity contribution >= 4 is 28.5 Å². The van der Waals surface area contributed by atoms with Gasteiger partial charge in [-0.3, -0.25) is 5.41 Å². The molecule has 0 aliphatic heterocycles. The molecule has 3 N–H and O–H groups in total. The number of benzene rings is 1. The second kappa shape index (κ2) is 5.66. The zero-order valence-electron chi connectivity index (χ0n) is 10.2. The van der Waals surface area contributed by atoms with Crippen molar-refractivity contribution in [2.75, 3.05) is 5.75 Å². The molecule has 1 unspecified atom stereocenters. The maximum atomic E-state index is 12.7. The van der Waals surface area contributed by atoms with Crippen molar-refractivity contribution in [3.63, 3.8) is 0 Å². The number of nitrogens with zero attached hydrogens (tertiary/aromatic N) is 2. The lowest BCUT2D eigenvalue weighted by atomic mass is 10.1. The van der Waals surface area contributed by atoms with Gasteiger partial charge in [0.2, 0.25) is 0 Å². The van der Waals surface area contributed by atoms with Crippen molar-refractivity contribution in [2.24, 2.45) is 11.7 Å². The highest BCUT2D eigenvalue weighted by molar-refractivity contribution is 7.99. The molecule has 8 heteroatoms. The smallest absolute Gasteiger partial charge is 0.387 e. The SMILES string of the molecule is N=C(N)C(CSc1ncnc2ccccc12)C(F)(F)F. The van der Waals surface area contributed by atoms with E-state index in [2.05, 4.69) is 9.97 Å². The van der Waals surface area contributed by atoms with Crippen LogP contribution in [0.4, 0.5) is 13.2 Å². The summed E-state index contributed by atoms with van der Waals surface area (Å²) in [7, 11) is 0. The Morgan fingerprint density at radius 3 is 2.65 bits per heavy atom. The maximum Gasteiger partial charge on any atom is 0.399 e. The van der Waals surface area contributed by atoms with Crippen LogP contribution in [0.3, 0.4) is 0 Å². The summed E-state index contributed by atoms with van der Waals surface area (Å²) in [6.07, 6.45) is -3.22. The number of fused-ring (bicyclic) bond motifs is 1. The molecule has 20 heavy (non-hydrogen) atoms. The van der Waals surface area contributed by atoms with Crippen molar-refractivity contribution in [3.8, 4) is 0 Å². The van der Waals surface area contributed by atoms with Crippen LogP contribution in [0.15, 0.2) is 35.6 Å². The number of aromatic nitrogens is 2. The summed E-state index contributed by atoms with van der Waals surface area (Å²) in [6.45, 7) is 0. The van der Waals surface area contributed by atoms with E-state index in [9.17, 15) is 13.2 Å². The minimum atomic E-state index is -4.53. The Kier molecular flexibility index (Phi) is 4.12. The molecular formula is C12H11F3N4S. The Bertz CT molecular complexity index is 624.